The van der Waals surface area contributed by atoms with Crippen LogP contribution in [0.1, 0.15) is 29.6 Å². The molecule has 1 heterocycles. The standard InChI is InChI=1S/C13H12BrClN2O/c14-10-5-9(6-11(15)7-10)13(18)17-4-2-1-3-12(17)8-16/h5-7,12H,1-4H2. The average molecular weight is 328 g/mol. The van der Waals surface area contributed by atoms with E-state index in [9.17, 15) is 4.79 Å². The van der Waals surface area contributed by atoms with Crippen LogP contribution in [-0.2, 0) is 0 Å². The second kappa shape index (κ2) is 5.73. The first-order valence-electron chi connectivity index (χ1n) is 5.78. The molecule has 0 aliphatic carbocycles. The zero-order chi connectivity index (χ0) is 13.1. The summed E-state index contributed by atoms with van der Waals surface area (Å²) in [6, 6.07) is 6.98. The van der Waals surface area contributed by atoms with Gasteiger partial charge in [-0.05, 0) is 37.5 Å². The van der Waals surface area contributed by atoms with E-state index in [1.807, 2.05) is 0 Å². The van der Waals surface area contributed by atoms with E-state index < -0.39 is 0 Å². The Labute approximate surface area is 119 Å². The van der Waals surface area contributed by atoms with Gasteiger partial charge in [0.2, 0.25) is 0 Å². The minimum Gasteiger partial charge on any atom is -0.323 e. The Balaban J connectivity index is 2.27. The van der Waals surface area contributed by atoms with Crippen molar-refractivity contribution in [3.8, 4) is 6.07 Å². The van der Waals surface area contributed by atoms with E-state index in [0.29, 0.717) is 17.1 Å². The van der Waals surface area contributed by atoms with Crippen molar-refractivity contribution < 1.29 is 4.79 Å². The average Bonchev–Trinajstić information content (AvgIpc) is 2.36. The highest BCUT2D eigenvalue weighted by molar-refractivity contribution is 9.10. The molecule has 1 saturated heterocycles. The molecule has 0 N–H and O–H groups in total. The number of hydrogen-bond donors (Lipinski definition) is 0. The lowest BCUT2D eigenvalue weighted by Crippen LogP contribution is -2.42. The van der Waals surface area contributed by atoms with Crippen molar-refractivity contribution >= 4 is 33.4 Å². The molecule has 0 spiro atoms. The number of likely N-dealkylation sites (tertiary alicyclic amines) is 1. The summed E-state index contributed by atoms with van der Waals surface area (Å²) in [6.45, 7) is 0.640. The first-order valence-corrected chi connectivity index (χ1v) is 6.95. The number of benzene rings is 1. The molecule has 0 aromatic heterocycles. The summed E-state index contributed by atoms with van der Waals surface area (Å²) < 4.78 is 0.767. The zero-order valence-electron chi connectivity index (χ0n) is 9.70. The summed E-state index contributed by atoms with van der Waals surface area (Å²) in [5.41, 5.74) is 0.525. The van der Waals surface area contributed by atoms with Gasteiger partial charge in [-0.3, -0.25) is 4.79 Å². The van der Waals surface area contributed by atoms with Crippen molar-refractivity contribution in [2.24, 2.45) is 0 Å². The highest BCUT2D eigenvalue weighted by Gasteiger charge is 2.27. The molecule has 1 aliphatic heterocycles. The fraction of sp³-hybridized carbons (Fsp3) is 0.385. The summed E-state index contributed by atoms with van der Waals surface area (Å²) in [5.74, 6) is -0.121. The molecule has 1 aromatic rings. The van der Waals surface area contributed by atoms with Gasteiger partial charge in [0.05, 0.1) is 6.07 Å². The van der Waals surface area contributed by atoms with Gasteiger partial charge in [-0.25, -0.2) is 0 Å². The Morgan fingerprint density at radius 1 is 1.44 bits per heavy atom. The number of nitrogens with zero attached hydrogens (tertiary/aromatic N) is 2. The number of carbonyl (C=O) groups is 1. The van der Waals surface area contributed by atoms with Crippen LogP contribution >= 0.6 is 27.5 Å². The molecule has 5 heteroatoms. The maximum Gasteiger partial charge on any atom is 0.255 e. The number of nitriles is 1. The number of amides is 1. The van der Waals surface area contributed by atoms with Crippen LogP contribution in [0.15, 0.2) is 22.7 Å². The lowest BCUT2D eigenvalue weighted by molar-refractivity contribution is 0.0670. The molecule has 0 bridgehead atoms. The third-order valence-corrected chi connectivity index (χ3v) is 3.70. The van der Waals surface area contributed by atoms with Crippen LogP contribution in [0.5, 0.6) is 0 Å². The predicted octanol–water partition coefficient (Wildman–Crippen LogP) is 3.62. The summed E-state index contributed by atoms with van der Waals surface area (Å²) >= 11 is 9.25. The number of carbonyl (C=O) groups excluding carboxylic acids is 1. The lowest BCUT2D eigenvalue weighted by atomic mass is 10.0. The summed E-state index contributed by atoms with van der Waals surface area (Å²) in [7, 11) is 0. The number of piperidine rings is 1. The number of rotatable bonds is 1. The minimum absolute atomic E-state index is 0.121. The predicted molar refractivity (Wildman–Crippen MR) is 73.4 cm³/mol. The first kappa shape index (κ1) is 13.4. The quantitative estimate of drug-likeness (QED) is 0.790. The molecule has 1 unspecified atom stereocenters. The van der Waals surface area contributed by atoms with Crippen molar-refractivity contribution in [2.75, 3.05) is 6.54 Å². The molecule has 0 radical (unpaired) electrons. The van der Waals surface area contributed by atoms with Crippen molar-refractivity contribution in [2.45, 2.75) is 25.3 Å². The van der Waals surface area contributed by atoms with Crippen LogP contribution in [0.2, 0.25) is 5.02 Å². The van der Waals surface area contributed by atoms with Crippen molar-refractivity contribution in [1.82, 2.24) is 4.90 Å². The van der Waals surface area contributed by atoms with Gasteiger partial charge in [0, 0.05) is 21.6 Å². The third-order valence-electron chi connectivity index (χ3n) is 3.02. The Morgan fingerprint density at radius 3 is 2.89 bits per heavy atom. The fourth-order valence-electron chi connectivity index (χ4n) is 2.15. The van der Waals surface area contributed by atoms with E-state index in [0.717, 1.165) is 23.7 Å². The van der Waals surface area contributed by atoms with Gasteiger partial charge in [-0.1, -0.05) is 27.5 Å². The Morgan fingerprint density at radius 2 is 2.22 bits per heavy atom. The number of halogens is 2. The van der Waals surface area contributed by atoms with E-state index in [2.05, 4.69) is 22.0 Å². The Hall–Kier alpha value is -1.05. The van der Waals surface area contributed by atoms with E-state index in [4.69, 9.17) is 16.9 Å². The smallest absolute Gasteiger partial charge is 0.255 e. The van der Waals surface area contributed by atoms with Gasteiger partial charge in [-0.15, -0.1) is 0 Å². The van der Waals surface area contributed by atoms with Crippen LogP contribution in [-0.4, -0.2) is 23.4 Å². The van der Waals surface area contributed by atoms with Crippen LogP contribution in [0, 0.1) is 11.3 Å². The maximum absolute atomic E-state index is 12.4. The second-order valence-electron chi connectivity index (χ2n) is 4.30. The van der Waals surface area contributed by atoms with Crippen LogP contribution in [0.3, 0.4) is 0 Å². The highest BCUT2D eigenvalue weighted by atomic mass is 79.9. The Bertz CT molecular complexity index is 492. The molecule has 0 saturated carbocycles. The van der Waals surface area contributed by atoms with Crippen molar-refractivity contribution in [3.63, 3.8) is 0 Å². The van der Waals surface area contributed by atoms with Crippen LogP contribution < -0.4 is 0 Å². The summed E-state index contributed by atoms with van der Waals surface area (Å²) in [4.78, 5) is 14.0. The summed E-state index contributed by atoms with van der Waals surface area (Å²) in [6.07, 6.45) is 2.71. The fourth-order valence-corrected chi connectivity index (χ4v) is 3.01. The zero-order valence-corrected chi connectivity index (χ0v) is 12.0. The minimum atomic E-state index is -0.316. The maximum atomic E-state index is 12.4. The molecule has 1 amide bonds. The SMILES string of the molecule is N#CC1CCCCN1C(=O)c1cc(Cl)cc(Br)c1. The second-order valence-corrected chi connectivity index (χ2v) is 5.65. The highest BCUT2D eigenvalue weighted by Crippen LogP contribution is 2.23. The lowest BCUT2D eigenvalue weighted by Gasteiger charge is -2.31. The monoisotopic (exact) mass is 326 g/mol. The van der Waals surface area contributed by atoms with Crippen molar-refractivity contribution in [3.05, 3.63) is 33.3 Å². The van der Waals surface area contributed by atoms with E-state index in [1.165, 1.54) is 0 Å². The first-order chi connectivity index (χ1) is 8.61. The van der Waals surface area contributed by atoms with Gasteiger partial charge < -0.3 is 4.90 Å². The molecule has 94 valence electrons. The van der Waals surface area contributed by atoms with Gasteiger partial charge in [0.1, 0.15) is 6.04 Å². The van der Waals surface area contributed by atoms with Gasteiger partial charge in [-0.2, -0.15) is 5.26 Å². The van der Waals surface area contributed by atoms with E-state index >= 15 is 0 Å². The number of hydrogen-bond acceptors (Lipinski definition) is 2. The van der Waals surface area contributed by atoms with Gasteiger partial charge in [0.15, 0.2) is 0 Å². The van der Waals surface area contributed by atoms with Gasteiger partial charge in [0.25, 0.3) is 5.91 Å². The van der Waals surface area contributed by atoms with E-state index in [-0.39, 0.29) is 11.9 Å². The molecule has 18 heavy (non-hydrogen) atoms. The molecule has 1 aliphatic rings. The molecule has 1 aromatic carbocycles. The van der Waals surface area contributed by atoms with Crippen molar-refractivity contribution in [1.29, 1.82) is 5.26 Å². The molecule has 2 rings (SSSR count). The molecule has 3 nitrogen and oxygen atoms in total. The van der Waals surface area contributed by atoms with Crippen LogP contribution in [0.25, 0.3) is 0 Å². The van der Waals surface area contributed by atoms with E-state index in [1.54, 1.807) is 23.1 Å². The molecular weight excluding hydrogens is 316 g/mol. The van der Waals surface area contributed by atoms with Crippen LogP contribution in [0.4, 0.5) is 0 Å². The third kappa shape index (κ3) is 2.85. The topological polar surface area (TPSA) is 44.1 Å². The Kier molecular flexibility index (Phi) is 4.26. The molecule has 1 atom stereocenters. The molecule has 1 fully saturated rings. The largest absolute Gasteiger partial charge is 0.323 e. The normalized spacial score (nSPS) is 19.4. The van der Waals surface area contributed by atoms with Gasteiger partial charge >= 0.3 is 0 Å². The molecular formula is C13H12BrClN2O. The summed E-state index contributed by atoms with van der Waals surface area (Å²) in [5, 5.41) is 9.60.